The maximum atomic E-state index is 14.1. The van der Waals surface area contributed by atoms with E-state index in [1.165, 1.54) is 0 Å². The summed E-state index contributed by atoms with van der Waals surface area (Å²) < 4.78 is 0. The molecule has 3 aromatic rings. The number of hydrogen-bond donors (Lipinski definition) is 0. The number of anilines is 2. The maximum absolute atomic E-state index is 14.1. The third-order valence-electron chi connectivity index (χ3n) is 8.32. The van der Waals surface area contributed by atoms with Crippen LogP contribution in [0.15, 0.2) is 72.8 Å². The van der Waals surface area contributed by atoms with Crippen molar-refractivity contribution in [3.05, 3.63) is 94.5 Å². The van der Waals surface area contributed by atoms with Crippen LogP contribution >= 0.6 is 11.6 Å². The number of carbonyl (C=O) groups is 2. The second-order valence-corrected chi connectivity index (χ2v) is 11.4. The fourth-order valence-electron chi connectivity index (χ4n) is 6.10. The number of halogens is 1. The molecule has 2 fully saturated rings. The normalized spacial score (nSPS) is 22.8. The fourth-order valence-corrected chi connectivity index (χ4v) is 6.22. The third-order valence-corrected chi connectivity index (χ3v) is 8.57. The van der Waals surface area contributed by atoms with E-state index in [4.69, 9.17) is 11.6 Å². The van der Waals surface area contributed by atoms with Crippen LogP contribution < -0.4 is 4.90 Å². The zero-order valence-electron chi connectivity index (χ0n) is 21.9. The molecule has 1 saturated carbocycles. The molecule has 6 rings (SSSR count). The highest BCUT2D eigenvalue weighted by atomic mass is 35.5. The van der Waals surface area contributed by atoms with Crippen LogP contribution in [-0.2, 0) is 10.2 Å². The molecule has 1 saturated heterocycles. The molecule has 1 aliphatic carbocycles. The molecule has 38 heavy (non-hydrogen) atoms. The monoisotopic (exact) mass is 528 g/mol. The highest BCUT2D eigenvalue weighted by molar-refractivity contribution is 6.30. The minimum absolute atomic E-state index is 0.0271. The predicted molar refractivity (Wildman–Crippen MR) is 151 cm³/mol. The van der Waals surface area contributed by atoms with Crippen molar-refractivity contribution in [1.82, 2.24) is 14.7 Å². The lowest BCUT2D eigenvalue weighted by Gasteiger charge is -2.35. The molecule has 0 radical (unpaired) electrons. The van der Waals surface area contributed by atoms with Crippen molar-refractivity contribution < 1.29 is 9.59 Å². The number of benzene rings is 3. The largest absolute Gasteiger partial charge is 0.336 e. The van der Waals surface area contributed by atoms with Crippen molar-refractivity contribution in [2.24, 2.45) is 0 Å². The van der Waals surface area contributed by atoms with Crippen molar-refractivity contribution in [3.63, 3.8) is 0 Å². The molecule has 1 spiro atoms. The summed E-state index contributed by atoms with van der Waals surface area (Å²) in [5.41, 5.74) is 3.92. The van der Waals surface area contributed by atoms with Gasteiger partial charge in [-0.25, -0.2) is 0 Å². The predicted octanol–water partition coefficient (Wildman–Crippen LogP) is 4.76. The molecular weight excluding hydrogens is 496 g/mol. The van der Waals surface area contributed by atoms with Gasteiger partial charge in [-0.2, -0.15) is 0 Å². The van der Waals surface area contributed by atoms with Crippen molar-refractivity contribution in [3.8, 4) is 0 Å². The molecular formula is C31H33ClN4O2. The number of rotatable bonds is 6. The number of nitrogens with zero attached hydrogens (tertiary/aromatic N) is 4. The Kier molecular flexibility index (Phi) is 6.50. The van der Waals surface area contributed by atoms with E-state index >= 15 is 0 Å². The minimum atomic E-state index is -0.562. The molecule has 0 bridgehead atoms. The first-order chi connectivity index (χ1) is 18.4. The van der Waals surface area contributed by atoms with Gasteiger partial charge in [-0.15, -0.1) is 0 Å². The zero-order valence-corrected chi connectivity index (χ0v) is 22.7. The smallest absolute Gasteiger partial charge is 0.254 e. The van der Waals surface area contributed by atoms with Crippen LogP contribution in [0.1, 0.15) is 33.8 Å². The van der Waals surface area contributed by atoms with Gasteiger partial charge in [0.05, 0.1) is 11.1 Å². The van der Waals surface area contributed by atoms with Crippen molar-refractivity contribution in [2.75, 3.05) is 58.3 Å². The number of amides is 2. The number of carbonyl (C=O) groups excluding carboxylic acids is 2. The van der Waals surface area contributed by atoms with E-state index in [1.54, 1.807) is 0 Å². The van der Waals surface area contributed by atoms with E-state index in [0.29, 0.717) is 23.7 Å². The summed E-state index contributed by atoms with van der Waals surface area (Å²) in [6, 6.07) is 23.5. The number of piperazine rings is 1. The summed E-state index contributed by atoms with van der Waals surface area (Å²) in [6.45, 7) is 5.22. The van der Waals surface area contributed by atoms with Crippen LogP contribution in [-0.4, -0.2) is 79.9 Å². The van der Waals surface area contributed by atoms with Gasteiger partial charge in [0, 0.05) is 61.5 Å². The molecule has 3 aromatic carbocycles. The van der Waals surface area contributed by atoms with E-state index in [1.807, 2.05) is 76.5 Å². The lowest BCUT2D eigenvalue weighted by Crippen LogP contribution is -2.50. The summed E-state index contributed by atoms with van der Waals surface area (Å²) in [7, 11) is 4.17. The lowest BCUT2D eigenvalue weighted by molar-refractivity contribution is -0.119. The molecule has 2 atom stereocenters. The average Bonchev–Trinajstić information content (AvgIpc) is 3.64. The van der Waals surface area contributed by atoms with E-state index in [9.17, 15) is 9.59 Å². The molecule has 0 N–H and O–H groups in total. The van der Waals surface area contributed by atoms with Crippen LogP contribution in [0.2, 0.25) is 5.02 Å². The fraction of sp³-hybridized carbons (Fsp3) is 0.355. The third kappa shape index (κ3) is 4.31. The van der Waals surface area contributed by atoms with Crippen LogP contribution in [0.4, 0.5) is 11.4 Å². The van der Waals surface area contributed by atoms with Crippen LogP contribution in [0.3, 0.4) is 0 Å². The Balaban J connectivity index is 1.23. The summed E-state index contributed by atoms with van der Waals surface area (Å²) >= 11 is 6.12. The molecule has 2 heterocycles. The topological polar surface area (TPSA) is 47.1 Å². The van der Waals surface area contributed by atoms with E-state index in [0.717, 1.165) is 55.1 Å². The van der Waals surface area contributed by atoms with Gasteiger partial charge >= 0.3 is 0 Å². The first-order valence-corrected chi connectivity index (χ1v) is 13.7. The molecule has 2 amide bonds. The van der Waals surface area contributed by atoms with E-state index < -0.39 is 5.41 Å². The summed E-state index contributed by atoms with van der Waals surface area (Å²) in [5, 5.41) is 0.694. The Hall–Kier alpha value is -3.19. The lowest BCUT2D eigenvalue weighted by atomic mass is 9.92. The van der Waals surface area contributed by atoms with Crippen LogP contribution in [0, 0.1) is 0 Å². The number of hydrogen-bond acceptors (Lipinski definition) is 4. The molecule has 0 unspecified atom stereocenters. The minimum Gasteiger partial charge on any atom is -0.336 e. The number of likely N-dealkylation sites (N-methyl/N-ethyl adjacent to an activating group) is 1. The summed E-state index contributed by atoms with van der Waals surface area (Å²) in [4.78, 5) is 35.9. The summed E-state index contributed by atoms with van der Waals surface area (Å²) in [6.07, 6.45) is 0.775. The van der Waals surface area contributed by atoms with Crippen LogP contribution in [0.25, 0.3) is 0 Å². The Morgan fingerprint density at radius 3 is 2.45 bits per heavy atom. The van der Waals surface area contributed by atoms with Gasteiger partial charge in [0.25, 0.3) is 5.91 Å². The number of para-hydroxylation sites is 1. The first-order valence-electron chi connectivity index (χ1n) is 13.3. The maximum Gasteiger partial charge on any atom is 0.254 e. The average molecular weight is 529 g/mol. The van der Waals surface area contributed by atoms with Gasteiger partial charge in [0.1, 0.15) is 0 Å². The van der Waals surface area contributed by atoms with Crippen molar-refractivity contribution in [2.45, 2.75) is 17.8 Å². The Bertz CT molecular complexity index is 1370. The second kappa shape index (κ2) is 9.84. The van der Waals surface area contributed by atoms with Crippen molar-refractivity contribution in [1.29, 1.82) is 0 Å². The van der Waals surface area contributed by atoms with Gasteiger partial charge < -0.3 is 9.80 Å². The Morgan fingerprint density at radius 2 is 1.71 bits per heavy atom. The molecule has 2 aliphatic heterocycles. The highest BCUT2D eigenvalue weighted by Crippen LogP contribution is 2.67. The molecule has 3 aliphatic rings. The second-order valence-electron chi connectivity index (χ2n) is 10.9. The highest BCUT2D eigenvalue weighted by Gasteiger charge is 2.67. The van der Waals surface area contributed by atoms with E-state index in [-0.39, 0.29) is 17.7 Å². The SMILES string of the molecule is CN(C)CCN1CCN(C(=O)c2cccc(N3C(=O)[C@@]4(C[C@@H]4c4ccc(Cl)cc4)c4ccccc43)c2)CC1. The number of fused-ring (bicyclic) bond motifs is 2. The van der Waals surface area contributed by atoms with Gasteiger partial charge in [-0.3, -0.25) is 19.4 Å². The van der Waals surface area contributed by atoms with E-state index in [2.05, 4.69) is 30.0 Å². The van der Waals surface area contributed by atoms with Crippen molar-refractivity contribution >= 4 is 34.8 Å². The Morgan fingerprint density at radius 1 is 0.974 bits per heavy atom. The standard InChI is InChI=1S/C31H33ClN4O2/c1-33(2)14-15-34-16-18-35(19-17-34)29(37)23-6-5-7-25(20-23)36-28-9-4-3-8-26(28)31(30(36)38)21-27(31)22-10-12-24(32)13-11-22/h3-13,20,27H,14-19,21H2,1-2H3/t27-,31+/m1/s1. The first kappa shape index (κ1) is 25.1. The summed E-state index contributed by atoms with van der Waals surface area (Å²) in [5.74, 6) is 0.226. The van der Waals surface area contributed by atoms with Gasteiger partial charge in [0.2, 0.25) is 5.91 Å². The molecule has 0 aromatic heterocycles. The Labute approximate surface area is 229 Å². The molecule has 196 valence electrons. The van der Waals surface area contributed by atoms with Gasteiger partial charge in [0.15, 0.2) is 0 Å². The van der Waals surface area contributed by atoms with Gasteiger partial charge in [-0.1, -0.05) is 48.0 Å². The molecule has 6 nitrogen and oxygen atoms in total. The zero-order chi connectivity index (χ0) is 26.4. The quantitative estimate of drug-likeness (QED) is 0.463. The van der Waals surface area contributed by atoms with Crippen LogP contribution in [0.5, 0.6) is 0 Å². The molecule has 7 heteroatoms. The van der Waals surface area contributed by atoms with Gasteiger partial charge in [-0.05, 0) is 68.0 Å².